The maximum Gasteiger partial charge on any atom is 0.254 e. The molecule has 1 saturated heterocycles. The van der Waals surface area contributed by atoms with E-state index in [9.17, 15) is 9.59 Å². The lowest BCUT2D eigenvalue weighted by atomic mass is 10.1. The van der Waals surface area contributed by atoms with Crippen LogP contribution in [0.4, 0.5) is 0 Å². The molecule has 1 unspecified atom stereocenters. The van der Waals surface area contributed by atoms with Crippen molar-refractivity contribution in [3.8, 4) is 5.75 Å². The first-order valence-corrected chi connectivity index (χ1v) is 6.67. The molecule has 1 aromatic rings. The van der Waals surface area contributed by atoms with Gasteiger partial charge in [-0.1, -0.05) is 0 Å². The Balaban J connectivity index is 2.14. The lowest BCUT2D eigenvalue weighted by molar-refractivity contribution is -0.122. The van der Waals surface area contributed by atoms with Crippen LogP contribution in [-0.2, 0) is 4.79 Å². The molecule has 108 valence electrons. The first-order valence-electron chi connectivity index (χ1n) is 6.67. The fourth-order valence-corrected chi connectivity index (χ4v) is 2.23. The number of carbonyl (C=O) groups excluding carboxylic acids is 2. The summed E-state index contributed by atoms with van der Waals surface area (Å²) in [5.41, 5.74) is 5.87. The zero-order chi connectivity index (χ0) is 14.5. The number of piperazine rings is 1. The van der Waals surface area contributed by atoms with Crippen molar-refractivity contribution in [2.24, 2.45) is 5.73 Å². The summed E-state index contributed by atoms with van der Waals surface area (Å²) in [5, 5.41) is 3.06. The highest BCUT2D eigenvalue weighted by atomic mass is 16.5. The van der Waals surface area contributed by atoms with Crippen molar-refractivity contribution in [2.45, 2.75) is 13.0 Å². The molecule has 1 aliphatic rings. The molecule has 1 atom stereocenters. The fraction of sp³-hybridized carbons (Fsp3) is 0.429. The summed E-state index contributed by atoms with van der Waals surface area (Å²) in [6.07, 6.45) is 0. The summed E-state index contributed by atoms with van der Waals surface area (Å²) < 4.78 is 5.34. The van der Waals surface area contributed by atoms with Crippen molar-refractivity contribution in [3.63, 3.8) is 0 Å². The van der Waals surface area contributed by atoms with E-state index >= 15 is 0 Å². The molecule has 6 heteroatoms. The molecule has 0 bridgehead atoms. The Morgan fingerprint density at radius 2 is 2.10 bits per heavy atom. The minimum absolute atomic E-state index is 0.182. The van der Waals surface area contributed by atoms with Gasteiger partial charge in [0.05, 0.1) is 6.61 Å². The molecule has 6 nitrogen and oxygen atoms in total. The molecule has 1 fully saturated rings. The zero-order valence-corrected chi connectivity index (χ0v) is 11.5. The van der Waals surface area contributed by atoms with E-state index in [2.05, 4.69) is 5.32 Å². The van der Waals surface area contributed by atoms with Crippen molar-refractivity contribution in [3.05, 3.63) is 29.8 Å². The quantitative estimate of drug-likeness (QED) is 0.810. The van der Waals surface area contributed by atoms with E-state index in [1.54, 1.807) is 24.3 Å². The van der Waals surface area contributed by atoms with Gasteiger partial charge in [-0.05, 0) is 31.2 Å². The maximum absolute atomic E-state index is 12.4. The molecule has 0 aliphatic carbocycles. The monoisotopic (exact) mass is 277 g/mol. The number of rotatable bonds is 4. The highest BCUT2D eigenvalue weighted by Gasteiger charge is 2.31. The van der Waals surface area contributed by atoms with Gasteiger partial charge in [-0.25, -0.2) is 0 Å². The van der Waals surface area contributed by atoms with Gasteiger partial charge in [-0.3, -0.25) is 9.59 Å². The van der Waals surface area contributed by atoms with Crippen LogP contribution < -0.4 is 15.8 Å². The standard InChI is InChI=1S/C14H19N3O3/c1-2-20-11-5-3-10(4-6-11)14(19)17-8-7-16-9-12(17)13(15)18/h3-6,12,16H,2,7-9H2,1H3,(H2,15,18). The molecule has 3 N–H and O–H groups in total. The Morgan fingerprint density at radius 3 is 2.70 bits per heavy atom. The second kappa shape index (κ2) is 6.38. The Bertz CT molecular complexity index is 487. The van der Waals surface area contributed by atoms with E-state index in [4.69, 9.17) is 10.5 Å². The predicted octanol–water partition coefficient (Wildman–Crippen LogP) is -0.0154. The number of ether oxygens (including phenoxy) is 1. The lowest BCUT2D eigenvalue weighted by Gasteiger charge is -2.34. The first-order chi connectivity index (χ1) is 9.63. The molecule has 0 aromatic heterocycles. The third-order valence-electron chi connectivity index (χ3n) is 3.24. The average molecular weight is 277 g/mol. The minimum atomic E-state index is -0.595. The van der Waals surface area contributed by atoms with Gasteiger partial charge in [0.2, 0.25) is 5.91 Å². The van der Waals surface area contributed by atoms with Gasteiger partial charge < -0.3 is 20.7 Å². The average Bonchev–Trinajstić information content (AvgIpc) is 2.47. The Morgan fingerprint density at radius 1 is 1.40 bits per heavy atom. The van der Waals surface area contributed by atoms with Crippen LogP contribution >= 0.6 is 0 Å². The van der Waals surface area contributed by atoms with E-state index in [1.807, 2.05) is 6.92 Å². The van der Waals surface area contributed by atoms with Crippen LogP contribution in [0.25, 0.3) is 0 Å². The molecule has 2 rings (SSSR count). The predicted molar refractivity (Wildman–Crippen MR) is 74.5 cm³/mol. The van der Waals surface area contributed by atoms with E-state index in [0.29, 0.717) is 31.8 Å². The number of amides is 2. The van der Waals surface area contributed by atoms with Gasteiger partial charge in [-0.2, -0.15) is 0 Å². The Kier molecular flexibility index (Phi) is 4.57. The van der Waals surface area contributed by atoms with E-state index in [1.165, 1.54) is 4.90 Å². The molecule has 1 aliphatic heterocycles. The van der Waals surface area contributed by atoms with Crippen molar-refractivity contribution >= 4 is 11.8 Å². The van der Waals surface area contributed by atoms with Crippen LogP contribution in [0.3, 0.4) is 0 Å². The summed E-state index contributed by atoms with van der Waals surface area (Å²) in [4.78, 5) is 25.4. The number of primary amides is 1. The van der Waals surface area contributed by atoms with Crippen LogP contribution in [-0.4, -0.2) is 49.0 Å². The molecule has 20 heavy (non-hydrogen) atoms. The fourth-order valence-electron chi connectivity index (χ4n) is 2.23. The van der Waals surface area contributed by atoms with E-state index in [0.717, 1.165) is 5.75 Å². The number of nitrogens with two attached hydrogens (primary N) is 1. The lowest BCUT2D eigenvalue weighted by Crippen LogP contribution is -2.58. The third kappa shape index (κ3) is 3.08. The van der Waals surface area contributed by atoms with Gasteiger partial charge in [-0.15, -0.1) is 0 Å². The van der Waals surface area contributed by atoms with E-state index < -0.39 is 11.9 Å². The van der Waals surface area contributed by atoms with Crippen molar-refractivity contribution in [2.75, 3.05) is 26.2 Å². The molecule has 0 radical (unpaired) electrons. The second-order valence-corrected chi connectivity index (χ2v) is 4.58. The van der Waals surface area contributed by atoms with Crippen LogP contribution in [0, 0.1) is 0 Å². The normalized spacial score (nSPS) is 18.6. The van der Waals surface area contributed by atoms with Crippen LogP contribution in [0.5, 0.6) is 5.75 Å². The maximum atomic E-state index is 12.4. The number of hydrogen-bond acceptors (Lipinski definition) is 4. The van der Waals surface area contributed by atoms with E-state index in [-0.39, 0.29) is 5.91 Å². The number of carbonyl (C=O) groups is 2. The van der Waals surface area contributed by atoms with Crippen molar-refractivity contribution in [1.29, 1.82) is 0 Å². The molecular weight excluding hydrogens is 258 g/mol. The SMILES string of the molecule is CCOc1ccc(C(=O)N2CCNCC2C(N)=O)cc1. The highest BCUT2D eigenvalue weighted by Crippen LogP contribution is 2.15. The molecular formula is C14H19N3O3. The Labute approximate surface area is 117 Å². The summed E-state index contributed by atoms with van der Waals surface area (Å²) in [7, 11) is 0. The summed E-state index contributed by atoms with van der Waals surface area (Å²) >= 11 is 0. The molecule has 0 saturated carbocycles. The summed E-state index contributed by atoms with van der Waals surface area (Å²) in [6, 6.07) is 6.31. The van der Waals surface area contributed by atoms with Crippen LogP contribution in [0.1, 0.15) is 17.3 Å². The summed E-state index contributed by atoms with van der Waals surface area (Å²) in [5.74, 6) is 0.0469. The molecule has 1 aromatic carbocycles. The number of nitrogens with one attached hydrogen (secondary N) is 1. The topological polar surface area (TPSA) is 84.7 Å². The third-order valence-corrected chi connectivity index (χ3v) is 3.24. The number of benzene rings is 1. The van der Waals surface area contributed by atoms with Crippen molar-refractivity contribution < 1.29 is 14.3 Å². The van der Waals surface area contributed by atoms with Gasteiger partial charge >= 0.3 is 0 Å². The van der Waals surface area contributed by atoms with Gasteiger partial charge in [0.1, 0.15) is 11.8 Å². The van der Waals surface area contributed by atoms with Crippen LogP contribution in [0.15, 0.2) is 24.3 Å². The Hall–Kier alpha value is -2.08. The zero-order valence-electron chi connectivity index (χ0n) is 11.5. The van der Waals surface area contributed by atoms with Gasteiger partial charge in [0.15, 0.2) is 0 Å². The van der Waals surface area contributed by atoms with Crippen LogP contribution in [0.2, 0.25) is 0 Å². The molecule has 1 heterocycles. The smallest absolute Gasteiger partial charge is 0.254 e. The van der Waals surface area contributed by atoms with Gasteiger partial charge in [0.25, 0.3) is 5.91 Å². The first kappa shape index (κ1) is 14.3. The summed E-state index contributed by atoms with van der Waals surface area (Å²) in [6.45, 7) is 4.01. The number of hydrogen-bond donors (Lipinski definition) is 2. The largest absolute Gasteiger partial charge is 0.494 e. The van der Waals surface area contributed by atoms with Gasteiger partial charge in [0, 0.05) is 25.2 Å². The van der Waals surface area contributed by atoms with Crippen molar-refractivity contribution in [1.82, 2.24) is 10.2 Å². The molecule has 0 spiro atoms. The molecule has 2 amide bonds. The highest BCUT2D eigenvalue weighted by molar-refractivity contribution is 5.97. The second-order valence-electron chi connectivity index (χ2n) is 4.58. The minimum Gasteiger partial charge on any atom is -0.494 e. The number of nitrogens with zero attached hydrogens (tertiary/aromatic N) is 1.